The second-order valence-electron chi connectivity index (χ2n) is 8.66. The van der Waals surface area contributed by atoms with E-state index in [4.69, 9.17) is 0 Å². The first-order valence-corrected chi connectivity index (χ1v) is 12.4. The fourth-order valence-corrected chi connectivity index (χ4v) is 4.14. The van der Waals surface area contributed by atoms with Gasteiger partial charge in [0.05, 0.1) is 0 Å². The average Bonchev–Trinajstić information content (AvgIpc) is 2.80. The van der Waals surface area contributed by atoms with Gasteiger partial charge in [-0.25, -0.2) is 0 Å². The highest BCUT2D eigenvalue weighted by Crippen LogP contribution is 2.24. The minimum Gasteiger partial charge on any atom is -0.507 e. The molecular weight excluding hydrogens is 382 g/mol. The van der Waals surface area contributed by atoms with Crippen molar-refractivity contribution < 1.29 is 10.3 Å². The quantitative estimate of drug-likeness (QED) is 0.124. The summed E-state index contributed by atoms with van der Waals surface area (Å²) < 4.78 is 0. The van der Waals surface area contributed by atoms with Gasteiger partial charge in [0.2, 0.25) is 0 Å². The maximum atomic E-state index is 10.3. The monoisotopic (exact) mass is 423 g/mol. The molecular formula is C28H41NO2. The van der Waals surface area contributed by atoms with Crippen molar-refractivity contribution >= 4 is 5.71 Å². The standard InChI is InChI=1S/C28H41NO2/c1-2-3-4-5-6-7-8-9-10-11-12-13-15-18-24-21-22-27(30)26(23-24)28(29-31)25-19-16-14-17-20-25/h14,16-17,19-23,30-31H,2-13,15,18H2,1H3/b29-28+. The number of aryl methyl sites for hydroxylation is 1. The number of hydrogen-bond donors (Lipinski definition) is 2. The van der Waals surface area contributed by atoms with Crippen LogP contribution in [0.1, 0.15) is 107 Å². The summed E-state index contributed by atoms with van der Waals surface area (Å²) in [6.45, 7) is 2.27. The number of phenolic OH excluding ortho intramolecular Hbond substituents is 1. The van der Waals surface area contributed by atoms with Crippen molar-refractivity contribution in [3.8, 4) is 5.75 Å². The van der Waals surface area contributed by atoms with Crippen molar-refractivity contribution in [1.29, 1.82) is 0 Å². The average molecular weight is 424 g/mol. The minimum absolute atomic E-state index is 0.144. The Hall–Kier alpha value is -2.29. The molecule has 2 N–H and O–H groups in total. The van der Waals surface area contributed by atoms with E-state index in [1.807, 2.05) is 42.5 Å². The molecule has 0 aromatic heterocycles. The van der Waals surface area contributed by atoms with Crippen molar-refractivity contribution in [3.63, 3.8) is 0 Å². The summed E-state index contributed by atoms with van der Waals surface area (Å²) in [4.78, 5) is 0. The third-order valence-electron chi connectivity index (χ3n) is 6.03. The van der Waals surface area contributed by atoms with Gasteiger partial charge < -0.3 is 10.3 Å². The highest BCUT2D eigenvalue weighted by Gasteiger charge is 2.13. The van der Waals surface area contributed by atoms with Crippen molar-refractivity contribution in [3.05, 3.63) is 65.2 Å². The Balaban J connectivity index is 1.64. The molecule has 0 spiro atoms. The molecule has 3 nitrogen and oxygen atoms in total. The van der Waals surface area contributed by atoms with E-state index in [0.29, 0.717) is 11.3 Å². The first-order valence-electron chi connectivity index (χ1n) is 12.4. The summed E-state index contributed by atoms with van der Waals surface area (Å²) in [6, 6.07) is 15.1. The molecule has 0 unspecified atom stereocenters. The highest BCUT2D eigenvalue weighted by molar-refractivity contribution is 6.14. The van der Waals surface area contributed by atoms with Crippen molar-refractivity contribution in [2.75, 3.05) is 0 Å². The maximum Gasteiger partial charge on any atom is 0.125 e. The molecule has 170 valence electrons. The Morgan fingerprint density at radius 1 is 0.710 bits per heavy atom. The predicted molar refractivity (Wildman–Crippen MR) is 131 cm³/mol. The normalized spacial score (nSPS) is 11.7. The number of unbranched alkanes of at least 4 members (excludes halogenated alkanes) is 12. The number of phenols is 1. The summed E-state index contributed by atoms with van der Waals surface area (Å²) in [5.41, 5.74) is 2.96. The third kappa shape index (κ3) is 9.59. The number of rotatable bonds is 16. The third-order valence-corrected chi connectivity index (χ3v) is 6.03. The van der Waals surface area contributed by atoms with Crippen LogP contribution in [0.15, 0.2) is 53.7 Å². The predicted octanol–water partition coefficient (Wildman–Crippen LogP) is 8.25. The van der Waals surface area contributed by atoms with E-state index in [1.54, 1.807) is 6.07 Å². The first kappa shape index (κ1) is 25.0. The maximum absolute atomic E-state index is 10.3. The molecule has 3 heteroatoms. The highest BCUT2D eigenvalue weighted by atomic mass is 16.4. The van der Waals surface area contributed by atoms with Crippen LogP contribution in [0.5, 0.6) is 5.75 Å². The van der Waals surface area contributed by atoms with Crippen molar-refractivity contribution in [2.24, 2.45) is 5.16 Å². The van der Waals surface area contributed by atoms with E-state index in [-0.39, 0.29) is 5.75 Å². The molecule has 2 aromatic carbocycles. The molecule has 0 aliphatic rings. The van der Waals surface area contributed by atoms with Crippen LogP contribution in [0.3, 0.4) is 0 Å². The Morgan fingerprint density at radius 3 is 1.81 bits per heavy atom. The van der Waals surface area contributed by atoms with Gasteiger partial charge >= 0.3 is 0 Å². The number of aromatic hydroxyl groups is 1. The Labute approximate surface area is 189 Å². The molecule has 31 heavy (non-hydrogen) atoms. The molecule has 0 saturated heterocycles. The van der Waals surface area contributed by atoms with Crippen molar-refractivity contribution in [1.82, 2.24) is 0 Å². The van der Waals surface area contributed by atoms with Crippen LogP contribution in [-0.2, 0) is 6.42 Å². The molecule has 0 radical (unpaired) electrons. The lowest BCUT2D eigenvalue weighted by molar-refractivity contribution is 0.319. The second-order valence-corrected chi connectivity index (χ2v) is 8.66. The molecule has 0 heterocycles. The number of benzene rings is 2. The van der Waals surface area contributed by atoms with Crippen LogP contribution in [0.4, 0.5) is 0 Å². The first-order chi connectivity index (χ1) is 15.3. The Bertz CT molecular complexity index is 755. The van der Waals surface area contributed by atoms with E-state index in [1.165, 1.54) is 82.6 Å². The van der Waals surface area contributed by atoms with Gasteiger partial charge in [-0.1, -0.05) is 126 Å². The lowest BCUT2D eigenvalue weighted by Crippen LogP contribution is -2.04. The number of oxime groups is 1. The fourth-order valence-electron chi connectivity index (χ4n) is 4.14. The van der Waals surface area contributed by atoms with Crippen LogP contribution in [0, 0.1) is 0 Å². The van der Waals surface area contributed by atoms with Crippen LogP contribution in [-0.4, -0.2) is 16.0 Å². The van der Waals surface area contributed by atoms with E-state index in [0.717, 1.165) is 18.4 Å². The lowest BCUT2D eigenvalue weighted by atomic mass is 9.97. The molecule has 0 saturated carbocycles. The van der Waals surface area contributed by atoms with Crippen LogP contribution in [0.2, 0.25) is 0 Å². The minimum atomic E-state index is 0.144. The summed E-state index contributed by atoms with van der Waals surface area (Å²) in [5.74, 6) is 0.144. The lowest BCUT2D eigenvalue weighted by Gasteiger charge is -2.10. The van der Waals surface area contributed by atoms with Crippen LogP contribution in [0.25, 0.3) is 0 Å². The van der Waals surface area contributed by atoms with E-state index < -0.39 is 0 Å². The van der Waals surface area contributed by atoms with Gasteiger partial charge in [0.25, 0.3) is 0 Å². The van der Waals surface area contributed by atoms with E-state index in [2.05, 4.69) is 12.1 Å². The summed E-state index contributed by atoms with van der Waals surface area (Å²) in [5, 5.41) is 23.3. The molecule has 0 amide bonds. The van der Waals surface area contributed by atoms with Gasteiger partial charge in [-0.15, -0.1) is 0 Å². The molecule has 0 aliphatic carbocycles. The Kier molecular flexibility index (Phi) is 12.5. The zero-order valence-corrected chi connectivity index (χ0v) is 19.4. The molecule has 2 rings (SSSR count). The molecule has 0 atom stereocenters. The van der Waals surface area contributed by atoms with Gasteiger partial charge in [-0.2, -0.15) is 0 Å². The largest absolute Gasteiger partial charge is 0.507 e. The Morgan fingerprint density at radius 2 is 1.26 bits per heavy atom. The summed E-state index contributed by atoms with van der Waals surface area (Å²) in [7, 11) is 0. The fraction of sp³-hybridized carbons (Fsp3) is 0.536. The van der Waals surface area contributed by atoms with Crippen molar-refractivity contribution in [2.45, 2.75) is 96.8 Å². The number of hydrogen-bond acceptors (Lipinski definition) is 3. The van der Waals surface area contributed by atoms with E-state index in [9.17, 15) is 10.3 Å². The SMILES string of the molecule is CCCCCCCCCCCCCCCc1ccc(O)c(/C(=N/O)c2ccccc2)c1. The van der Waals surface area contributed by atoms with Gasteiger partial charge in [0.15, 0.2) is 0 Å². The van der Waals surface area contributed by atoms with Crippen LogP contribution < -0.4 is 0 Å². The molecule has 2 aromatic rings. The van der Waals surface area contributed by atoms with Gasteiger partial charge in [0.1, 0.15) is 11.5 Å². The molecule has 0 fully saturated rings. The second kappa shape index (κ2) is 15.5. The summed E-state index contributed by atoms with van der Waals surface area (Å²) in [6.07, 6.45) is 18.6. The zero-order valence-electron chi connectivity index (χ0n) is 19.4. The van der Waals surface area contributed by atoms with Gasteiger partial charge in [-0.3, -0.25) is 0 Å². The van der Waals surface area contributed by atoms with Crippen LogP contribution >= 0.6 is 0 Å². The number of nitrogens with zero attached hydrogens (tertiary/aromatic N) is 1. The molecule has 0 aliphatic heterocycles. The van der Waals surface area contributed by atoms with Gasteiger partial charge in [-0.05, 0) is 30.5 Å². The topological polar surface area (TPSA) is 52.8 Å². The zero-order chi connectivity index (χ0) is 22.2. The smallest absolute Gasteiger partial charge is 0.125 e. The van der Waals surface area contributed by atoms with Gasteiger partial charge in [0, 0.05) is 11.1 Å². The summed E-state index contributed by atoms with van der Waals surface area (Å²) >= 11 is 0. The molecule has 0 bridgehead atoms. The van der Waals surface area contributed by atoms with E-state index >= 15 is 0 Å².